The van der Waals surface area contributed by atoms with Gasteiger partial charge < -0.3 is 4.74 Å². The Morgan fingerprint density at radius 2 is 2.30 bits per heavy atom. The third-order valence-corrected chi connectivity index (χ3v) is 5.02. The number of nitrogens with zero attached hydrogens (tertiary/aromatic N) is 2. The van der Waals surface area contributed by atoms with Crippen LogP contribution in [0.3, 0.4) is 0 Å². The van der Waals surface area contributed by atoms with Crippen molar-refractivity contribution >= 4 is 38.5 Å². The van der Waals surface area contributed by atoms with Crippen molar-refractivity contribution < 1.29 is 4.74 Å². The number of aromatic nitrogens is 2. The zero-order valence-electron chi connectivity index (χ0n) is 10.8. The van der Waals surface area contributed by atoms with Crippen molar-refractivity contribution in [3.05, 3.63) is 53.7 Å². The molecule has 0 spiro atoms. The summed E-state index contributed by atoms with van der Waals surface area (Å²) >= 11 is 5.56. The van der Waals surface area contributed by atoms with Crippen LogP contribution in [0.4, 0.5) is 0 Å². The Bertz CT molecular complexity index is 743. The van der Waals surface area contributed by atoms with Gasteiger partial charge in [-0.05, 0) is 47.2 Å². The van der Waals surface area contributed by atoms with E-state index in [9.17, 15) is 4.79 Å². The van der Waals surface area contributed by atoms with E-state index in [4.69, 9.17) is 4.74 Å². The summed E-state index contributed by atoms with van der Waals surface area (Å²) in [4.78, 5) is 16.5. The van der Waals surface area contributed by atoms with Crippen molar-refractivity contribution in [2.24, 2.45) is 0 Å². The number of benzene rings is 1. The lowest BCUT2D eigenvalue weighted by atomic mass is 10.1. The van der Waals surface area contributed by atoms with Crippen LogP contribution in [0.1, 0.15) is 16.8 Å². The average molecular weight is 447 g/mol. The molecule has 2 heterocycles. The second-order valence-corrected chi connectivity index (χ2v) is 6.72. The van der Waals surface area contributed by atoms with Gasteiger partial charge in [0.25, 0.3) is 5.56 Å². The second kappa shape index (κ2) is 5.48. The van der Waals surface area contributed by atoms with Crippen molar-refractivity contribution in [2.75, 3.05) is 6.61 Å². The molecule has 4 nitrogen and oxygen atoms in total. The van der Waals surface area contributed by atoms with Crippen LogP contribution in [0, 0.1) is 10.5 Å². The Balaban J connectivity index is 2.05. The van der Waals surface area contributed by atoms with Crippen molar-refractivity contribution in [1.29, 1.82) is 0 Å². The van der Waals surface area contributed by atoms with Crippen LogP contribution in [0.2, 0.25) is 0 Å². The molecule has 0 atom stereocenters. The van der Waals surface area contributed by atoms with Gasteiger partial charge in [0, 0.05) is 16.5 Å². The molecule has 0 saturated carbocycles. The molecular formula is C14H12BrIN2O2. The van der Waals surface area contributed by atoms with Gasteiger partial charge >= 0.3 is 0 Å². The lowest BCUT2D eigenvalue weighted by Crippen LogP contribution is -2.24. The van der Waals surface area contributed by atoms with Crippen LogP contribution in [0.15, 0.2) is 27.7 Å². The van der Waals surface area contributed by atoms with E-state index in [0.717, 1.165) is 27.9 Å². The Hall–Kier alpha value is -0.890. The van der Waals surface area contributed by atoms with E-state index in [1.807, 2.05) is 35.6 Å². The first-order valence-electron chi connectivity index (χ1n) is 6.22. The quantitative estimate of drug-likeness (QED) is 0.666. The summed E-state index contributed by atoms with van der Waals surface area (Å²) in [5.74, 6) is 0.913. The summed E-state index contributed by atoms with van der Waals surface area (Å²) < 4.78 is 8.99. The summed E-state index contributed by atoms with van der Waals surface area (Å²) in [7, 11) is 0. The molecule has 2 aromatic rings. The van der Waals surface area contributed by atoms with Gasteiger partial charge in [-0.25, -0.2) is 4.98 Å². The second-order valence-electron chi connectivity index (χ2n) is 4.73. The maximum absolute atomic E-state index is 12.2. The van der Waals surface area contributed by atoms with Gasteiger partial charge in [0.15, 0.2) is 0 Å². The highest BCUT2D eigenvalue weighted by Gasteiger charge is 2.18. The summed E-state index contributed by atoms with van der Waals surface area (Å²) in [5.41, 5.74) is 2.96. The summed E-state index contributed by atoms with van der Waals surface area (Å²) in [5, 5.41) is 0. The van der Waals surface area contributed by atoms with Gasteiger partial charge in [0.2, 0.25) is 0 Å². The van der Waals surface area contributed by atoms with E-state index in [0.29, 0.717) is 16.7 Å². The van der Waals surface area contributed by atoms with E-state index in [1.165, 1.54) is 5.56 Å². The molecule has 6 heteroatoms. The van der Waals surface area contributed by atoms with E-state index in [-0.39, 0.29) is 5.56 Å². The Morgan fingerprint density at radius 1 is 1.50 bits per heavy atom. The Labute approximate surface area is 138 Å². The van der Waals surface area contributed by atoms with E-state index < -0.39 is 0 Å². The lowest BCUT2D eigenvalue weighted by molar-refractivity contribution is 0.352. The molecule has 0 radical (unpaired) electrons. The summed E-state index contributed by atoms with van der Waals surface area (Å²) in [6.07, 6.45) is 2.52. The van der Waals surface area contributed by atoms with Crippen LogP contribution in [-0.2, 0) is 13.0 Å². The van der Waals surface area contributed by atoms with Crippen LogP contribution in [0.5, 0.6) is 5.75 Å². The first-order chi connectivity index (χ1) is 9.56. The van der Waals surface area contributed by atoms with Crippen molar-refractivity contribution in [3.63, 3.8) is 0 Å². The molecular weight excluding hydrogens is 435 g/mol. The molecule has 3 rings (SSSR count). The predicted octanol–water partition coefficient (Wildman–Crippen LogP) is 2.90. The first-order valence-corrected chi connectivity index (χ1v) is 8.09. The number of rotatable bonds is 2. The predicted molar refractivity (Wildman–Crippen MR) is 88.4 cm³/mol. The molecule has 20 heavy (non-hydrogen) atoms. The fraction of sp³-hybridized carbons (Fsp3) is 0.286. The zero-order valence-corrected chi connectivity index (χ0v) is 14.6. The van der Waals surface area contributed by atoms with Crippen molar-refractivity contribution in [2.45, 2.75) is 19.9 Å². The minimum absolute atomic E-state index is 0.00942. The number of ether oxygens (including phenoxy) is 1. The zero-order chi connectivity index (χ0) is 14.3. The number of halogens is 2. The topological polar surface area (TPSA) is 44.1 Å². The molecule has 1 aliphatic heterocycles. The van der Waals surface area contributed by atoms with Gasteiger partial charge in [0.05, 0.1) is 28.7 Å². The molecule has 1 aromatic carbocycles. The number of hydrogen-bond donors (Lipinski definition) is 0. The van der Waals surface area contributed by atoms with Crippen LogP contribution in [0.25, 0.3) is 0 Å². The highest BCUT2D eigenvalue weighted by atomic mass is 127. The molecule has 0 amide bonds. The monoisotopic (exact) mass is 446 g/mol. The molecule has 1 aromatic heterocycles. The minimum atomic E-state index is -0.00942. The smallest absolute Gasteiger partial charge is 0.267 e. The number of hydrogen-bond acceptors (Lipinski definition) is 3. The standard InChI is InChI=1S/C14H12BrIN2O2/c1-8-12(16)14(19)18(7-17-8)6-10-5-11(15)4-9-2-3-20-13(9)10/h4-5,7H,2-3,6H2,1H3. The highest BCUT2D eigenvalue weighted by molar-refractivity contribution is 14.1. The fourth-order valence-corrected chi connectivity index (χ4v) is 3.31. The maximum Gasteiger partial charge on any atom is 0.267 e. The average Bonchev–Trinajstić information content (AvgIpc) is 2.87. The van der Waals surface area contributed by atoms with Crippen LogP contribution >= 0.6 is 38.5 Å². The normalized spacial score (nSPS) is 13.2. The maximum atomic E-state index is 12.2. The van der Waals surface area contributed by atoms with E-state index in [2.05, 4.69) is 27.0 Å². The van der Waals surface area contributed by atoms with E-state index >= 15 is 0 Å². The molecule has 0 aliphatic carbocycles. The van der Waals surface area contributed by atoms with Crippen LogP contribution < -0.4 is 10.3 Å². The number of aryl methyl sites for hydroxylation is 1. The lowest BCUT2D eigenvalue weighted by Gasteiger charge is -2.11. The van der Waals surface area contributed by atoms with Gasteiger partial charge in [0.1, 0.15) is 5.75 Å². The van der Waals surface area contributed by atoms with Gasteiger partial charge in [-0.15, -0.1) is 0 Å². The third kappa shape index (κ3) is 2.50. The van der Waals surface area contributed by atoms with Crippen LogP contribution in [-0.4, -0.2) is 16.2 Å². The van der Waals surface area contributed by atoms with Gasteiger partial charge in [-0.3, -0.25) is 9.36 Å². The molecule has 0 N–H and O–H groups in total. The Morgan fingerprint density at radius 3 is 3.10 bits per heavy atom. The minimum Gasteiger partial charge on any atom is -0.493 e. The molecule has 0 unspecified atom stereocenters. The molecule has 104 valence electrons. The fourth-order valence-electron chi connectivity index (χ4n) is 2.31. The molecule has 1 aliphatic rings. The SMILES string of the molecule is Cc1ncn(Cc2cc(Br)cc3c2OCC3)c(=O)c1I. The first kappa shape index (κ1) is 14.1. The van der Waals surface area contributed by atoms with E-state index in [1.54, 1.807) is 10.9 Å². The molecule has 0 fully saturated rings. The van der Waals surface area contributed by atoms with Gasteiger partial charge in [-0.1, -0.05) is 15.9 Å². The van der Waals surface area contributed by atoms with Crippen molar-refractivity contribution in [3.8, 4) is 5.75 Å². The van der Waals surface area contributed by atoms with Gasteiger partial charge in [-0.2, -0.15) is 0 Å². The summed E-state index contributed by atoms with van der Waals surface area (Å²) in [6.45, 7) is 3.02. The van der Waals surface area contributed by atoms with Crippen molar-refractivity contribution in [1.82, 2.24) is 9.55 Å². The third-order valence-electron chi connectivity index (χ3n) is 3.32. The summed E-state index contributed by atoms with van der Waals surface area (Å²) in [6, 6.07) is 4.08. The molecule has 0 saturated heterocycles. The largest absolute Gasteiger partial charge is 0.493 e. The highest BCUT2D eigenvalue weighted by Crippen LogP contribution is 2.33. The molecule has 0 bridgehead atoms. The number of fused-ring (bicyclic) bond motifs is 1. The Kier molecular flexibility index (Phi) is 3.85.